The lowest BCUT2D eigenvalue weighted by molar-refractivity contribution is 0.100. The van der Waals surface area contributed by atoms with Crippen LogP contribution in [-0.4, -0.2) is 34.7 Å². The van der Waals surface area contributed by atoms with Crippen LogP contribution in [0.2, 0.25) is 5.02 Å². The van der Waals surface area contributed by atoms with Gasteiger partial charge in [0.25, 0.3) is 12.3 Å². The topological polar surface area (TPSA) is 109 Å². The molecule has 160 valence electrons. The smallest absolute Gasteiger partial charge is 0.254 e. The predicted molar refractivity (Wildman–Crippen MR) is 105 cm³/mol. The van der Waals surface area contributed by atoms with Crippen molar-refractivity contribution in [3.8, 4) is 6.07 Å². The van der Waals surface area contributed by atoms with Crippen molar-refractivity contribution < 1.29 is 18.0 Å². The number of carbonyl (C=O) groups excluding carboxylic acids is 1. The van der Waals surface area contributed by atoms with Crippen LogP contribution in [0.1, 0.15) is 35.7 Å². The quantitative estimate of drug-likeness (QED) is 0.609. The SMILES string of the molecule is N#C[C@H]1C[C@@H](NCC(F)F)CC[C@@H]1n1cc(C(N)=O)c(Nc2ccc(Cl)c(F)c2)n1. The first-order valence-electron chi connectivity index (χ1n) is 9.30. The largest absolute Gasteiger partial charge is 0.365 e. The van der Waals surface area contributed by atoms with Gasteiger partial charge < -0.3 is 16.4 Å². The third kappa shape index (κ3) is 5.04. The fourth-order valence-electron chi connectivity index (χ4n) is 3.60. The Morgan fingerprint density at radius 3 is 2.83 bits per heavy atom. The molecule has 0 saturated heterocycles. The number of rotatable bonds is 7. The van der Waals surface area contributed by atoms with Crippen molar-refractivity contribution in [3.05, 3.63) is 40.8 Å². The minimum absolute atomic E-state index is 0.0460. The zero-order valence-corrected chi connectivity index (χ0v) is 16.5. The van der Waals surface area contributed by atoms with Crippen molar-refractivity contribution >= 4 is 29.0 Å². The summed E-state index contributed by atoms with van der Waals surface area (Å²) in [4.78, 5) is 11.9. The second-order valence-corrected chi connectivity index (χ2v) is 7.51. The predicted octanol–water partition coefficient (Wildman–Crippen LogP) is 3.61. The third-order valence-corrected chi connectivity index (χ3v) is 5.37. The minimum atomic E-state index is -2.46. The van der Waals surface area contributed by atoms with Crippen LogP contribution in [0.3, 0.4) is 0 Å². The lowest BCUT2D eigenvalue weighted by atomic mass is 9.82. The van der Waals surface area contributed by atoms with Gasteiger partial charge in [-0.25, -0.2) is 13.2 Å². The number of benzene rings is 1. The van der Waals surface area contributed by atoms with E-state index in [2.05, 4.69) is 21.8 Å². The molecule has 4 N–H and O–H groups in total. The van der Waals surface area contributed by atoms with Gasteiger partial charge in [-0.15, -0.1) is 0 Å². The molecule has 1 heterocycles. The number of alkyl halides is 2. The highest BCUT2D eigenvalue weighted by molar-refractivity contribution is 6.30. The number of nitrogens with one attached hydrogen (secondary N) is 2. The molecular formula is C19H20ClF3N6O. The lowest BCUT2D eigenvalue weighted by Gasteiger charge is -2.33. The summed E-state index contributed by atoms with van der Waals surface area (Å²) >= 11 is 5.68. The number of halogens is 4. The second-order valence-electron chi connectivity index (χ2n) is 7.10. The number of nitriles is 1. The Kier molecular flexibility index (Phi) is 6.84. The number of hydrogen-bond donors (Lipinski definition) is 3. The van der Waals surface area contributed by atoms with Gasteiger partial charge >= 0.3 is 0 Å². The first kappa shape index (κ1) is 21.9. The van der Waals surface area contributed by atoms with Crippen LogP contribution in [0.15, 0.2) is 24.4 Å². The standard InChI is InChI=1S/C19H20ClF3N6O/c20-14-3-1-12(6-15(14)21)27-19-13(18(25)30)9-29(28-19)16-4-2-11(5-10(16)7-24)26-8-17(22)23/h1,3,6,9-11,16-17,26H,2,4-5,8H2,(H2,25,30)(H,27,28)/t10-,11+,16+/m1/s1. The highest BCUT2D eigenvalue weighted by Crippen LogP contribution is 2.35. The number of nitrogens with two attached hydrogens (primary N) is 1. The number of nitrogens with zero attached hydrogens (tertiary/aromatic N) is 3. The van der Waals surface area contributed by atoms with Crippen molar-refractivity contribution in [3.63, 3.8) is 0 Å². The van der Waals surface area contributed by atoms with Crippen molar-refractivity contribution in [1.82, 2.24) is 15.1 Å². The molecule has 3 rings (SSSR count). The van der Waals surface area contributed by atoms with Crippen molar-refractivity contribution in [2.75, 3.05) is 11.9 Å². The van der Waals surface area contributed by atoms with Crippen molar-refractivity contribution in [1.29, 1.82) is 5.26 Å². The third-order valence-electron chi connectivity index (χ3n) is 5.06. The molecule has 1 aliphatic rings. The normalized spacial score (nSPS) is 21.4. The van der Waals surface area contributed by atoms with Crippen molar-refractivity contribution in [2.45, 2.75) is 37.8 Å². The van der Waals surface area contributed by atoms with Gasteiger partial charge in [-0.3, -0.25) is 9.48 Å². The maximum Gasteiger partial charge on any atom is 0.254 e. The van der Waals surface area contributed by atoms with Crippen LogP contribution in [0.4, 0.5) is 24.7 Å². The molecule has 0 unspecified atom stereocenters. The van der Waals surface area contributed by atoms with E-state index in [-0.39, 0.29) is 28.5 Å². The monoisotopic (exact) mass is 440 g/mol. The molecule has 1 aromatic carbocycles. The van der Waals surface area contributed by atoms with Crippen LogP contribution in [0, 0.1) is 23.1 Å². The zero-order valence-electron chi connectivity index (χ0n) is 15.8. The lowest BCUT2D eigenvalue weighted by Crippen LogP contribution is -2.40. The number of aromatic nitrogens is 2. The van der Waals surface area contributed by atoms with Gasteiger partial charge in [0.1, 0.15) is 11.4 Å². The minimum Gasteiger partial charge on any atom is -0.365 e. The molecule has 3 atom stereocenters. The molecule has 11 heteroatoms. The van der Waals surface area contributed by atoms with E-state index in [9.17, 15) is 23.2 Å². The molecule has 0 bridgehead atoms. The summed E-state index contributed by atoms with van der Waals surface area (Å²) in [5.74, 6) is -1.74. The maximum atomic E-state index is 13.7. The molecule has 1 aromatic heterocycles. The van der Waals surface area contributed by atoms with Crippen LogP contribution in [0.5, 0.6) is 0 Å². The molecule has 1 aliphatic carbocycles. The summed E-state index contributed by atoms with van der Waals surface area (Å²) in [6.45, 7) is -0.424. The first-order chi connectivity index (χ1) is 14.3. The van der Waals surface area contributed by atoms with Crippen molar-refractivity contribution in [2.24, 2.45) is 11.7 Å². The van der Waals surface area contributed by atoms with E-state index in [1.807, 2.05) is 0 Å². The fraction of sp³-hybridized carbons (Fsp3) is 0.421. The molecule has 1 fully saturated rings. The molecule has 1 saturated carbocycles. The fourth-order valence-corrected chi connectivity index (χ4v) is 3.71. The zero-order chi connectivity index (χ0) is 21.8. The Morgan fingerprint density at radius 1 is 1.43 bits per heavy atom. The second kappa shape index (κ2) is 9.36. The number of anilines is 2. The number of carbonyl (C=O) groups is 1. The average Bonchev–Trinajstić information content (AvgIpc) is 3.12. The van der Waals surface area contributed by atoms with E-state index in [1.54, 1.807) is 0 Å². The summed E-state index contributed by atoms with van der Waals surface area (Å²) in [5.41, 5.74) is 5.85. The molecule has 0 radical (unpaired) electrons. The molecule has 1 amide bonds. The van der Waals surface area contributed by atoms with Gasteiger partial charge in [0.05, 0.1) is 29.6 Å². The number of hydrogen-bond acceptors (Lipinski definition) is 5. The Labute approximate surface area is 176 Å². The van der Waals surface area contributed by atoms with E-state index in [4.69, 9.17) is 17.3 Å². The van der Waals surface area contributed by atoms with Gasteiger partial charge in [-0.1, -0.05) is 11.6 Å². The Balaban J connectivity index is 1.80. The average molecular weight is 441 g/mol. The Hall–Kier alpha value is -2.77. The van der Waals surface area contributed by atoms with Crippen LogP contribution in [-0.2, 0) is 0 Å². The maximum absolute atomic E-state index is 13.7. The molecular weight excluding hydrogens is 421 g/mol. The van der Waals surface area contributed by atoms with E-state index >= 15 is 0 Å². The van der Waals surface area contributed by atoms with Gasteiger partial charge in [-0.2, -0.15) is 10.4 Å². The van der Waals surface area contributed by atoms with E-state index < -0.39 is 30.6 Å². The van der Waals surface area contributed by atoms with Crippen LogP contribution < -0.4 is 16.4 Å². The molecule has 2 aromatic rings. The van der Waals surface area contributed by atoms with E-state index in [1.165, 1.54) is 23.0 Å². The molecule has 0 spiro atoms. The summed E-state index contributed by atoms with van der Waals surface area (Å²) < 4.78 is 40.1. The van der Waals surface area contributed by atoms with E-state index in [0.29, 0.717) is 24.9 Å². The summed E-state index contributed by atoms with van der Waals surface area (Å²) in [6.07, 6.45) is 0.448. The highest BCUT2D eigenvalue weighted by atomic mass is 35.5. The van der Waals surface area contributed by atoms with Gasteiger partial charge in [0, 0.05) is 17.9 Å². The highest BCUT2D eigenvalue weighted by Gasteiger charge is 2.33. The first-order valence-corrected chi connectivity index (χ1v) is 9.68. The van der Waals surface area contributed by atoms with Crippen LogP contribution in [0.25, 0.3) is 0 Å². The molecule has 0 aliphatic heterocycles. The summed E-state index contributed by atoms with van der Waals surface area (Å²) in [5, 5.41) is 19.5. The van der Waals surface area contributed by atoms with Crippen LogP contribution >= 0.6 is 11.6 Å². The summed E-state index contributed by atoms with van der Waals surface area (Å²) in [6, 6.07) is 5.70. The molecule has 7 nitrogen and oxygen atoms in total. The summed E-state index contributed by atoms with van der Waals surface area (Å²) in [7, 11) is 0. The van der Waals surface area contributed by atoms with E-state index in [0.717, 1.165) is 6.07 Å². The molecule has 30 heavy (non-hydrogen) atoms. The van der Waals surface area contributed by atoms with Gasteiger partial charge in [0.15, 0.2) is 5.82 Å². The van der Waals surface area contributed by atoms with Gasteiger partial charge in [0.2, 0.25) is 0 Å². The number of primary amides is 1. The Bertz CT molecular complexity index is 960. The Morgan fingerprint density at radius 2 is 2.20 bits per heavy atom. The number of amides is 1. The van der Waals surface area contributed by atoms with Gasteiger partial charge in [-0.05, 0) is 37.5 Å².